The van der Waals surface area contributed by atoms with Gasteiger partial charge < -0.3 is 9.47 Å². The van der Waals surface area contributed by atoms with Gasteiger partial charge in [0.15, 0.2) is 5.16 Å². The van der Waals surface area contributed by atoms with Crippen molar-refractivity contribution in [2.24, 2.45) is 0 Å². The van der Waals surface area contributed by atoms with E-state index < -0.39 is 5.25 Å². The summed E-state index contributed by atoms with van der Waals surface area (Å²) >= 11 is 2.80. The van der Waals surface area contributed by atoms with Gasteiger partial charge in [0.05, 0.1) is 30.5 Å². The number of rotatable bonds is 6. The molecule has 3 rings (SSSR count). The number of methoxy groups -OCH3 is 2. The predicted molar refractivity (Wildman–Crippen MR) is 103 cm³/mol. The molecule has 6 nitrogen and oxygen atoms in total. The van der Waals surface area contributed by atoms with Gasteiger partial charge in [-0.15, -0.1) is 11.8 Å². The molecule has 0 spiro atoms. The molecule has 0 saturated heterocycles. The maximum absolute atomic E-state index is 13.1. The Labute approximate surface area is 160 Å². The van der Waals surface area contributed by atoms with Crippen LogP contribution in [0, 0.1) is 0 Å². The fourth-order valence-corrected chi connectivity index (χ4v) is 4.79. The summed E-state index contributed by atoms with van der Waals surface area (Å²) < 4.78 is 11.6. The first-order valence-electron chi connectivity index (χ1n) is 8.26. The van der Waals surface area contributed by atoms with Crippen LogP contribution in [-0.2, 0) is 16.0 Å². The summed E-state index contributed by atoms with van der Waals surface area (Å²) in [6.45, 7) is 1.91. The molecule has 26 heavy (non-hydrogen) atoms. The van der Waals surface area contributed by atoms with Gasteiger partial charge in [0.2, 0.25) is 0 Å². The summed E-state index contributed by atoms with van der Waals surface area (Å²) in [5, 5.41) is 0.0992. The highest BCUT2D eigenvalue weighted by Crippen LogP contribution is 2.32. The van der Waals surface area contributed by atoms with Gasteiger partial charge in [0.1, 0.15) is 11.0 Å². The number of carbonyl (C=O) groups excluding carboxylic acids is 1. The topological polar surface area (TPSA) is 70.4 Å². The van der Waals surface area contributed by atoms with Gasteiger partial charge in [-0.3, -0.25) is 14.2 Å². The smallest absolute Gasteiger partial charge is 0.319 e. The van der Waals surface area contributed by atoms with Crippen LogP contribution in [0.5, 0.6) is 5.75 Å². The first kappa shape index (κ1) is 18.8. The molecule has 138 valence electrons. The standard InChI is InChI=1S/C18H20N2O4S2/c1-4-14(17(22)24-3)26-18-19-13-9-10-25-15(13)16(21)20(18)11-5-7-12(23-2)8-6-11/h5-8,14H,4,9-10H2,1-3H3/t14-/m1/s1. The zero-order valence-corrected chi connectivity index (χ0v) is 16.5. The minimum Gasteiger partial charge on any atom is -0.497 e. The largest absolute Gasteiger partial charge is 0.497 e. The molecule has 0 aliphatic carbocycles. The van der Waals surface area contributed by atoms with Crippen LogP contribution in [0.3, 0.4) is 0 Å². The van der Waals surface area contributed by atoms with Crippen molar-refractivity contribution < 1.29 is 14.3 Å². The molecule has 0 N–H and O–H groups in total. The molecule has 1 aliphatic rings. The van der Waals surface area contributed by atoms with E-state index in [1.54, 1.807) is 23.8 Å². The number of carbonyl (C=O) groups is 1. The highest BCUT2D eigenvalue weighted by molar-refractivity contribution is 8.00. The quantitative estimate of drug-likeness (QED) is 0.425. The number of ether oxygens (including phenoxy) is 2. The zero-order chi connectivity index (χ0) is 18.7. The molecule has 0 amide bonds. The number of hydrogen-bond acceptors (Lipinski definition) is 7. The number of thioether (sulfide) groups is 2. The van der Waals surface area contributed by atoms with E-state index in [-0.39, 0.29) is 11.5 Å². The highest BCUT2D eigenvalue weighted by atomic mass is 32.2. The van der Waals surface area contributed by atoms with Crippen LogP contribution in [0.25, 0.3) is 5.69 Å². The minimum absolute atomic E-state index is 0.0927. The Morgan fingerprint density at radius 3 is 2.69 bits per heavy atom. The molecule has 8 heteroatoms. The van der Waals surface area contributed by atoms with Crippen LogP contribution in [-0.4, -0.2) is 40.7 Å². The fourth-order valence-electron chi connectivity index (χ4n) is 2.69. The Bertz CT molecular complexity index is 865. The van der Waals surface area contributed by atoms with Gasteiger partial charge in [-0.2, -0.15) is 0 Å². The van der Waals surface area contributed by atoms with E-state index in [2.05, 4.69) is 0 Å². The van der Waals surface area contributed by atoms with Crippen LogP contribution >= 0.6 is 23.5 Å². The molecule has 2 aromatic rings. The molecular weight excluding hydrogens is 372 g/mol. The third-order valence-electron chi connectivity index (χ3n) is 4.08. The van der Waals surface area contributed by atoms with Crippen molar-refractivity contribution >= 4 is 29.5 Å². The van der Waals surface area contributed by atoms with Gasteiger partial charge >= 0.3 is 5.97 Å². The van der Waals surface area contributed by atoms with Crippen molar-refractivity contribution in [3.63, 3.8) is 0 Å². The van der Waals surface area contributed by atoms with Gasteiger partial charge in [0, 0.05) is 12.2 Å². The maximum atomic E-state index is 13.1. The normalized spacial score (nSPS) is 14.0. The van der Waals surface area contributed by atoms with Crippen LogP contribution in [0.4, 0.5) is 0 Å². The van der Waals surface area contributed by atoms with Crippen molar-refractivity contribution in [2.75, 3.05) is 20.0 Å². The number of hydrogen-bond donors (Lipinski definition) is 0. The molecule has 0 radical (unpaired) electrons. The third-order valence-corrected chi connectivity index (χ3v) is 6.48. The molecular formula is C18H20N2O4S2. The summed E-state index contributed by atoms with van der Waals surface area (Å²) in [6.07, 6.45) is 1.35. The Kier molecular flexibility index (Phi) is 5.93. The van der Waals surface area contributed by atoms with Gasteiger partial charge in [-0.05, 0) is 30.7 Å². The van der Waals surface area contributed by atoms with Gasteiger partial charge in [-0.1, -0.05) is 18.7 Å². The van der Waals surface area contributed by atoms with Crippen LogP contribution in [0.2, 0.25) is 0 Å². The lowest BCUT2D eigenvalue weighted by Gasteiger charge is -2.17. The number of esters is 1. The van der Waals surface area contributed by atoms with E-state index in [1.807, 2.05) is 19.1 Å². The molecule has 0 saturated carbocycles. The molecule has 0 fully saturated rings. The average Bonchev–Trinajstić information content (AvgIpc) is 3.14. The zero-order valence-electron chi connectivity index (χ0n) is 14.9. The number of nitrogens with zero attached hydrogens (tertiary/aromatic N) is 2. The van der Waals surface area contributed by atoms with Crippen LogP contribution in [0.15, 0.2) is 39.1 Å². The SMILES string of the molecule is CC[C@@H](Sc1nc2c(c(=O)n1-c1ccc(OC)cc1)SCC2)C(=O)OC. The Hall–Kier alpha value is -1.93. The van der Waals surface area contributed by atoms with Gasteiger partial charge in [0.25, 0.3) is 5.56 Å². The van der Waals surface area contributed by atoms with E-state index >= 15 is 0 Å². The summed E-state index contributed by atoms with van der Waals surface area (Å²) in [5.74, 6) is 1.24. The molecule has 2 heterocycles. The summed E-state index contributed by atoms with van der Waals surface area (Å²) in [5.41, 5.74) is 1.41. The molecule has 0 bridgehead atoms. The van der Waals surface area contributed by atoms with E-state index in [4.69, 9.17) is 14.5 Å². The van der Waals surface area contributed by atoms with E-state index in [0.717, 1.165) is 17.9 Å². The molecule has 0 unspecified atom stereocenters. The minimum atomic E-state index is -0.413. The first-order valence-corrected chi connectivity index (χ1v) is 10.1. The Balaban J connectivity index is 2.11. The summed E-state index contributed by atoms with van der Waals surface area (Å²) in [7, 11) is 2.97. The number of fused-ring (bicyclic) bond motifs is 1. The Morgan fingerprint density at radius 1 is 1.35 bits per heavy atom. The lowest BCUT2D eigenvalue weighted by molar-refractivity contribution is -0.140. The Morgan fingerprint density at radius 2 is 2.08 bits per heavy atom. The van der Waals surface area contributed by atoms with Gasteiger partial charge in [-0.25, -0.2) is 4.98 Å². The monoisotopic (exact) mass is 392 g/mol. The lowest BCUT2D eigenvalue weighted by atomic mass is 10.3. The second-order valence-electron chi connectivity index (χ2n) is 5.65. The van der Waals surface area contributed by atoms with Crippen molar-refractivity contribution in [2.45, 2.75) is 35.1 Å². The van der Waals surface area contributed by atoms with Crippen molar-refractivity contribution in [1.82, 2.24) is 9.55 Å². The van der Waals surface area contributed by atoms with E-state index in [0.29, 0.717) is 27.9 Å². The third kappa shape index (κ3) is 3.61. The number of aryl methyl sites for hydroxylation is 1. The van der Waals surface area contributed by atoms with Crippen LogP contribution in [0.1, 0.15) is 19.0 Å². The number of benzene rings is 1. The highest BCUT2D eigenvalue weighted by Gasteiger charge is 2.26. The lowest BCUT2D eigenvalue weighted by Crippen LogP contribution is -2.26. The molecule has 1 aliphatic heterocycles. The molecule has 1 aromatic carbocycles. The second-order valence-corrected chi connectivity index (χ2v) is 7.92. The van der Waals surface area contributed by atoms with E-state index in [9.17, 15) is 9.59 Å². The maximum Gasteiger partial charge on any atom is 0.319 e. The average molecular weight is 393 g/mol. The van der Waals surface area contributed by atoms with Crippen molar-refractivity contribution in [3.05, 3.63) is 40.3 Å². The predicted octanol–water partition coefficient (Wildman–Crippen LogP) is 2.93. The van der Waals surface area contributed by atoms with Crippen LogP contribution < -0.4 is 10.3 Å². The number of aromatic nitrogens is 2. The molecule has 1 atom stereocenters. The second kappa shape index (κ2) is 8.18. The van der Waals surface area contributed by atoms with Crippen molar-refractivity contribution in [3.8, 4) is 11.4 Å². The molecule has 1 aromatic heterocycles. The summed E-state index contributed by atoms with van der Waals surface area (Å²) in [4.78, 5) is 30.5. The van der Waals surface area contributed by atoms with Crippen molar-refractivity contribution in [1.29, 1.82) is 0 Å². The fraction of sp³-hybridized carbons (Fsp3) is 0.389. The summed E-state index contributed by atoms with van der Waals surface area (Å²) in [6, 6.07) is 7.23. The van der Waals surface area contributed by atoms with E-state index in [1.165, 1.54) is 30.6 Å². The first-order chi connectivity index (χ1) is 12.6.